The Morgan fingerprint density at radius 3 is 2.65 bits per heavy atom. The lowest BCUT2D eigenvalue weighted by atomic mass is 10.1. The van der Waals surface area contributed by atoms with Gasteiger partial charge in [0.15, 0.2) is 5.96 Å². The third kappa shape index (κ3) is 7.47. The van der Waals surface area contributed by atoms with Crippen molar-refractivity contribution in [1.82, 2.24) is 15.5 Å². The highest BCUT2D eigenvalue weighted by Gasteiger charge is 2.16. The zero-order valence-electron chi connectivity index (χ0n) is 15.7. The van der Waals surface area contributed by atoms with E-state index in [0.717, 1.165) is 56.0 Å². The molecule has 2 N–H and O–H groups in total. The Morgan fingerprint density at radius 2 is 2.00 bits per heavy atom. The molecule has 1 fully saturated rings. The molecule has 7 heteroatoms. The van der Waals surface area contributed by atoms with Crippen molar-refractivity contribution in [1.29, 1.82) is 0 Å². The van der Waals surface area contributed by atoms with Gasteiger partial charge in [-0.3, -0.25) is 9.79 Å². The summed E-state index contributed by atoms with van der Waals surface area (Å²) in [5.74, 6) is 0.710. The van der Waals surface area contributed by atoms with Crippen LogP contribution in [0, 0.1) is 12.7 Å². The van der Waals surface area contributed by atoms with Crippen molar-refractivity contribution in [3.63, 3.8) is 0 Å². The van der Waals surface area contributed by atoms with Crippen molar-refractivity contribution in [3.8, 4) is 0 Å². The molecule has 1 saturated heterocycles. The molecule has 1 aromatic rings. The summed E-state index contributed by atoms with van der Waals surface area (Å²) in [6.45, 7) is 7.66. The molecule has 26 heavy (non-hydrogen) atoms. The predicted molar refractivity (Wildman–Crippen MR) is 115 cm³/mol. The molecule has 0 saturated carbocycles. The van der Waals surface area contributed by atoms with E-state index in [-0.39, 0.29) is 35.7 Å². The van der Waals surface area contributed by atoms with Crippen LogP contribution in [0.2, 0.25) is 0 Å². The highest BCUT2D eigenvalue weighted by molar-refractivity contribution is 14.0. The quantitative estimate of drug-likeness (QED) is 0.362. The number of amides is 1. The Hall–Kier alpha value is -1.38. The monoisotopic (exact) mass is 476 g/mol. The third-order valence-electron chi connectivity index (χ3n) is 4.39. The van der Waals surface area contributed by atoms with E-state index in [1.165, 1.54) is 6.07 Å². The van der Waals surface area contributed by atoms with Crippen molar-refractivity contribution < 1.29 is 9.18 Å². The third-order valence-corrected chi connectivity index (χ3v) is 4.39. The highest BCUT2D eigenvalue weighted by atomic mass is 127. The van der Waals surface area contributed by atoms with Gasteiger partial charge in [-0.25, -0.2) is 4.39 Å². The lowest BCUT2D eigenvalue weighted by molar-refractivity contribution is -0.129. The van der Waals surface area contributed by atoms with Gasteiger partial charge in [0.2, 0.25) is 5.91 Å². The van der Waals surface area contributed by atoms with Gasteiger partial charge in [-0.2, -0.15) is 0 Å². The number of aryl methyl sites for hydroxylation is 1. The SMILES string of the molecule is CCNC(=NCCC(=O)N1CCCC1)NCCc1ccc(F)cc1C.I. The lowest BCUT2D eigenvalue weighted by Gasteiger charge is -2.15. The van der Waals surface area contributed by atoms with Crippen LogP contribution >= 0.6 is 24.0 Å². The van der Waals surface area contributed by atoms with Crippen LogP contribution in [-0.4, -0.2) is 49.5 Å². The standard InChI is InChI=1S/C19H29FN4O.HI/c1-3-21-19(23-11-9-18(25)24-12-4-5-13-24)22-10-8-16-6-7-17(20)14-15(16)2;/h6-7,14H,3-5,8-13H2,1-2H3,(H2,21,22,23);1H. The van der Waals surface area contributed by atoms with E-state index in [2.05, 4.69) is 15.6 Å². The Labute approximate surface area is 172 Å². The second-order valence-electron chi connectivity index (χ2n) is 6.35. The van der Waals surface area contributed by atoms with Crippen molar-refractivity contribution in [2.45, 2.75) is 39.5 Å². The minimum atomic E-state index is -0.202. The minimum Gasteiger partial charge on any atom is -0.357 e. The van der Waals surface area contributed by atoms with Gasteiger partial charge in [-0.15, -0.1) is 24.0 Å². The van der Waals surface area contributed by atoms with Crippen molar-refractivity contribution >= 4 is 35.8 Å². The molecule has 0 radical (unpaired) electrons. The summed E-state index contributed by atoms with van der Waals surface area (Å²) in [6, 6.07) is 4.87. The van der Waals surface area contributed by atoms with Crippen LogP contribution < -0.4 is 10.6 Å². The maximum Gasteiger partial charge on any atom is 0.224 e. The maximum absolute atomic E-state index is 13.1. The van der Waals surface area contributed by atoms with Gasteiger partial charge in [0, 0.05) is 32.6 Å². The molecule has 0 atom stereocenters. The Bertz CT molecular complexity index is 603. The molecule has 0 spiro atoms. The van der Waals surface area contributed by atoms with E-state index in [9.17, 15) is 9.18 Å². The Balaban J connectivity index is 0.00000338. The van der Waals surface area contributed by atoms with Crippen LogP contribution in [-0.2, 0) is 11.2 Å². The Kier molecular flexibility index (Phi) is 10.5. The second kappa shape index (κ2) is 12.1. The summed E-state index contributed by atoms with van der Waals surface area (Å²) in [6.07, 6.45) is 3.47. The number of likely N-dealkylation sites (tertiary alicyclic amines) is 1. The van der Waals surface area contributed by atoms with Crippen LogP contribution in [0.1, 0.15) is 37.3 Å². The molecular weight excluding hydrogens is 446 g/mol. The van der Waals surface area contributed by atoms with Gasteiger partial charge >= 0.3 is 0 Å². The molecule has 1 aromatic carbocycles. The summed E-state index contributed by atoms with van der Waals surface area (Å²) >= 11 is 0. The fraction of sp³-hybridized carbons (Fsp3) is 0.579. The van der Waals surface area contributed by atoms with Gasteiger partial charge in [-0.05, 0) is 56.4 Å². The fourth-order valence-electron chi connectivity index (χ4n) is 2.99. The van der Waals surface area contributed by atoms with Crippen LogP contribution in [0.25, 0.3) is 0 Å². The van der Waals surface area contributed by atoms with E-state index < -0.39 is 0 Å². The van der Waals surface area contributed by atoms with E-state index in [1.54, 1.807) is 6.07 Å². The number of guanidine groups is 1. The van der Waals surface area contributed by atoms with Crippen LogP contribution in [0.3, 0.4) is 0 Å². The highest BCUT2D eigenvalue weighted by Crippen LogP contribution is 2.10. The molecule has 5 nitrogen and oxygen atoms in total. The fourth-order valence-corrected chi connectivity index (χ4v) is 2.99. The molecule has 0 aliphatic carbocycles. The predicted octanol–water partition coefficient (Wildman–Crippen LogP) is 2.86. The molecule has 0 unspecified atom stereocenters. The first kappa shape index (κ1) is 22.7. The van der Waals surface area contributed by atoms with Gasteiger partial charge < -0.3 is 15.5 Å². The zero-order chi connectivity index (χ0) is 18.1. The lowest BCUT2D eigenvalue weighted by Crippen LogP contribution is -2.38. The number of nitrogens with zero attached hydrogens (tertiary/aromatic N) is 2. The van der Waals surface area contributed by atoms with Gasteiger partial charge in [-0.1, -0.05) is 6.07 Å². The van der Waals surface area contributed by atoms with E-state index >= 15 is 0 Å². The molecule has 1 amide bonds. The van der Waals surface area contributed by atoms with Crippen molar-refractivity contribution in [3.05, 3.63) is 35.1 Å². The van der Waals surface area contributed by atoms with E-state index in [1.807, 2.05) is 24.8 Å². The summed E-state index contributed by atoms with van der Waals surface area (Å²) in [5.41, 5.74) is 2.08. The minimum absolute atomic E-state index is 0. The van der Waals surface area contributed by atoms with E-state index in [4.69, 9.17) is 0 Å². The molecule has 146 valence electrons. The number of nitrogens with one attached hydrogen (secondary N) is 2. The number of hydrogen-bond donors (Lipinski definition) is 2. The van der Waals surface area contributed by atoms with Gasteiger partial charge in [0.1, 0.15) is 5.82 Å². The number of benzene rings is 1. The molecule has 0 aromatic heterocycles. The largest absolute Gasteiger partial charge is 0.357 e. The molecule has 0 bridgehead atoms. The molecule has 1 aliphatic heterocycles. The second-order valence-corrected chi connectivity index (χ2v) is 6.35. The average molecular weight is 476 g/mol. The van der Waals surface area contributed by atoms with Gasteiger partial charge in [0.25, 0.3) is 0 Å². The summed E-state index contributed by atoms with van der Waals surface area (Å²) in [4.78, 5) is 18.4. The topological polar surface area (TPSA) is 56.7 Å². The number of rotatable bonds is 7. The van der Waals surface area contributed by atoms with Crippen LogP contribution in [0.4, 0.5) is 4.39 Å². The number of aliphatic imine (C=N–C) groups is 1. The smallest absolute Gasteiger partial charge is 0.224 e. The maximum atomic E-state index is 13.1. The average Bonchev–Trinajstić information content (AvgIpc) is 3.11. The summed E-state index contributed by atoms with van der Waals surface area (Å²) < 4.78 is 13.1. The number of hydrogen-bond acceptors (Lipinski definition) is 2. The molecule has 1 aliphatic rings. The van der Waals surface area contributed by atoms with Crippen molar-refractivity contribution in [2.24, 2.45) is 4.99 Å². The number of halogens is 2. The normalized spacial score (nSPS) is 14.1. The molecular formula is C19H30FIN4O. The first-order valence-electron chi connectivity index (χ1n) is 9.15. The van der Waals surface area contributed by atoms with E-state index in [0.29, 0.717) is 19.5 Å². The first-order chi connectivity index (χ1) is 12.1. The summed E-state index contributed by atoms with van der Waals surface area (Å²) in [7, 11) is 0. The number of carbonyl (C=O) groups excluding carboxylic acids is 1. The van der Waals surface area contributed by atoms with Crippen LogP contribution in [0.5, 0.6) is 0 Å². The zero-order valence-corrected chi connectivity index (χ0v) is 18.0. The molecule has 2 rings (SSSR count). The first-order valence-corrected chi connectivity index (χ1v) is 9.15. The Morgan fingerprint density at radius 1 is 1.27 bits per heavy atom. The molecule has 1 heterocycles. The van der Waals surface area contributed by atoms with Crippen molar-refractivity contribution in [2.75, 3.05) is 32.7 Å². The van der Waals surface area contributed by atoms with Crippen LogP contribution in [0.15, 0.2) is 23.2 Å². The summed E-state index contributed by atoms with van der Waals surface area (Å²) in [5, 5.41) is 6.46. The van der Waals surface area contributed by atoms with Gasteiger partial charge in [0.05, 0.1) is 6.54 Å². The number of carbonyl (C=O) groups is 1.